The highest BCUT2D eigenvalue weighted by Gasteiger charge is 2.08. The number of unbranched alkanes of at least 4 members (excludes halogenated alkanes) is 1. The summed E-state index contributed by atoms with van der Waals surface area (Å²) in [5.41, 5.74) is 1.72. The number of rotatable bonds is 6. The Hall–Kier alpha value is -0.470. The first-order chi connectivity index (χ1) is 9.49. The van der Waals surface area contributed by atoms with E-state index in [1.54, 1.807) is 12.1 Å². The molecule has 0 aliphatic carbocycles. The third-order valence-electron chi connectivity index (χ3n) is 3.04. The topological polar surface area (TPSA) is 29.9 Å². The monoisotopic (exact) mass is 408 g/mol. The molecule has 1 heterocycles. The fourth-order valence-corrected chi connectivity index (χ4v) is 2.83. The third kappa shape index (κ3) is 3.79. The minimum atomic E-state index is -0.205. The number of H-pyrrole nitrogens is 1. The van der Waals surface area contributed by atoms with Gasteiger partial charge in [-0.25, -0.2) is 4.39 Å². The zero-order valence-electron chi connectivity index (χ0n) is 11.6. The fourth-order valence-electron chi connectivity index (χ4n) is 2.06. The van der Waals surface area contributed by atoms with Crippen LogP contribution in [0.5, 0.6) is 0 Å². The van der Waals surface area contributed by atoms with Crippen molar-refractivity contribution in [3.05, 3.63) is 26.3 Å². The Balaban J connectivity index is 2.08. The van der Waals surface area contributed by atoms with E-state index in [1.807, 2.05) is 41.0 Å². The zero-order valence-corrected chi connectivity index (χ0v) is 14.6. The SMILES string of the molecule is CC(C)OCCCCn1c(=S)[nH]c2cc(I)c(F)cc21. The van der Waals surface area contributed by atoms with Gasteiger partial charge < -0.3 is 14.3 Å². The molecular formula is C14H18FIN2OS. The Bertz CT molecular complexity index is 650. The highest BCUT2D eigenvalue weighted by atomic mass is 127. The second-order valence-electron chi connectivity index (χ2n) is 4.99. The van der Waals surface area contributed by atoms with Gasteiger partial charge in [-0.2, -0.15) is 0 Å². The minimum absolute atomic E-state index is 0.205. The van der Waals surface area contributed by atoms with Crippen LogP contribution in [0.15, 0.2) is 12.1 Å². The van der Waals surface area contributed by atoms with Crippen LogP contribution in [0.1, 0.15) is 26.7 Å². The Morgan fingerprint density at radius 3 is 2.85 bits per heavy atom. The summed E-state index contributed by atoms with van der Waals surface area (Å²) < 4.78 is 22.4. The maximum Gasteiger partial charge on any atom is 0.178 e. The van der Waals surface area contributed by atoms with Gasteiger partial charge in [0.2, 0.25) is 0 Å². The molecule has 0 bridgehead atoms. The van der Waals surface area contributed by atoms with Crippen molar-refractivity contribution in [1.29, 1.82) is 0 Å². The van der Waals surface area contributed by atoms with Gasteiger partial charge in [-0.3, -0.25) is 0 Å². The van der Waals surface area contributed by atoms with Gasteiger partial charge in [0.1, 0.15) is 5.82 Å². The average molecular weight is 408 g/mol. The van der Waals surface area contributed by atoms with Gasteiger partial charge in [0, 0.05) is 19.2 Å². The van der Waals surface area contributed by atoms with E-state index < -0.39 is 0 Å². The Labute approximate surface area is 136 Å². The number of nitrogens with zero attached hydrogens (tertiary/aromatic N) is 1. The first-order valence-corrected chi connectivity index (χ1v) is 8.17. The van der Waals surface area contributed by atoms with Gasteiger partial charge in [0.05, 0.1) is 20.7 Å². The van der Waals surface area contributed by atoms with Crippen LogP contribution in [0, 0.1) is 14.2 Å². The van der Waals surface area contributed by atoms with E-state index in [4.69, 9.17) is 17.0 Å². The highest BCUT2D eigenvalue weighted by Crippen LogP contribution is 2.21. The van der Waals surface area contributed by atoms with Crippen molar-refractivity contribution < 1.29 is 9.13 Å². The first kappa shape index (κ1) is 15.9. The molecule has 0 saturated carbocycles. The third-order valence-corrected chi connectivity index (χ3v) is 4.19. The lowest BCUT2D eigenvalue weighted by Gasteiger charge is -2.08. The summed E-state index contributed by atoms with van der Waals surface area (Å²) in [4.78, 5) is 3.13. The van der Waals surface area contributed by atoms with Crippen LogP contribution in [0.2, 0.25) is 0 Å². The van der Waals surface area contributed by atoms with Crippen molar-refractivity contribution in [2.24, 2.45) is 0 Å². The number of aromatic nitrogens is 2. The molecule has 1 N–H and O–H groups in total. The molecule has 0 fully saturated rings. The lowest BCUT2D eigenvalue weighted by Crippen LogP contribution is -2.05. The smallest absolute Gasteiger partial charge is 0.178 e. The molecule has 0 saturated heterocycles. The molecule has 1 aromatic heterocycles. The van der Waals surface area contributed by atoms with Gasteiger partial charge in [0.15, 0.2) is 4.77 Å². The molecule has 0 aliphatic rings. The molecule has 0 spiro atoms. The van der Waals surface area contributed by atoms with E-state index in [1.165, 1.54) is 0 Å². The van der Waals surface area contributed by atoms with Crippen LogP contribution in [-0.4, -0.2) is 22.3 Å². The molecule has 0 radical (unpaired) electrons. The maximum absolute atomic E-state index is 13.7. The number of imidazole rings is 1. The summed E-state index contributed by atoms with van der Waals surface area (Å²) in [6, 6.07) is 3.34. The first-order valence-electron chi connectivity index (χ1n) is 6.68. The van der Waals surface area contributed by atoms with Gasteiger partial charge in [-0.1, -0.05) is 0 Å². The summed E-state index contributed by atoms with van der Waals surface area (Å²) in [5.74, 6) is -0.205. The van der Waals surface area contributed by atoms with Crippen LogP contribution in [0.3, 0.4) is 0 Å². The zero-order chi connectivity index (χ0) is 14.7. The number of aromatic amines is 1. The Kier molecular flexibility index (Phi) is 5.57. The van der Waals surface area contributed by atoms with E-state index in [0.717, 1.165) is 37.0 Å². The van der Waals surface area contributed by atoms with Gasteiger partial charge >= 0.3 is 0 Å². The van der Waals surface area contributed by atoms with Crippen molar-refractivity contribution >= 4 is 45.8 Å². The quantitative estimate of drug-likeness (QED) is 0.429. The number of halogens is 2. The molecule has 0 unspecified atom stereocenters. The number of hydrogen-bond acceptors (Lipinski definition) is 2. The maximum atomic E-state index is 13.7. The number of fused-ring (bicyclic) bond motifs is 1. The van der Waals surface area contributed by atoms with Crippen molar-refractivity contribution in [3.63, 3.8) is 0 Å². The molecule has 0 amide bonds. The number of hydrogen-bond donors (Lipinski definition) is 1. The van der Waals surface area contributed by atoms with Crippen LogP contribution in [0.4, 0.5) is 4.39 Å². The van der Waals surface area contributed by atoms with Crippen LogP contribution >= 0.6 is 34.8 Å². The molecule has 1 aromatic carbocycles. The second-order valence-corrected chi connectivity index (χ2v) is 6.54. The normalized spacial score (nSPS) is 11.7. The highest BCUT2D eigenvalue weighted by molar-refractivity contribution is 14.1. The second kappa shape index (κ2) is 7.00. The predicted molar refractivity (Wildman–Crippen MR) is 90.1 cm³/mol. The number of nitrogens with one attached hydrogen (secondary N) is 1. The summed E-state index contributed by atoms with van der Waals surface area (Å²) in [6.45, 7) is 5.58. The van der Waals surface area contributed by atoms with Crippen molar-refractivity contribution in [1.82, 2.24) is 9.55 Å². The average Bonchev–Trinajstić information content (AvgIpc) is 2.65. The summed E-state index contributed by atoms with van der Waals surface area (Å²) >= 11 is 7.29. The molecule has 0 aliphatic heterocycles. The predicted octanol–water partition coefficient (Wildman–Crippen LogP) is 4.65. The van der Waals surface area contributed by atoms with Gasteiger partial charge in [-0.05, 0) is 67.6 Å². The number of benzene rings is 1. The number of aryl methyl sites for hydroxylation is 1. The molecule has 2 rings (SSSR count). The largest absolute Gasteiger partial charge is 0.379 e. The molecule has 20 heavy (non-hydrogen) atoms. The summed E-state index contributed by atoms with van der Waals surface area (Å²) in [7, 11) is 0. The van der Waals surface area contributed by atoms with E-state index in [2.05, 4.69) is 4.98 Å². The van der Waals surface area contributed by atoms with E-state index in [9.17, 15) is 4.39 Å². The van der Waals surface area contributed by atoms with E-state index in [0.29, 0.717) is 8.34 Å². The molecule has 3 nitrogen and oxygen atoms in total. The van der Waals surface area contributed by atoms with Crippen molar-refractivity contribution in [3.8, 4) is 0 Å². The van der Waals surface area contributed by atoms with Crippen LogP contribution in [-0.2, 0) is 11.3 Å². The molecule has 2 aromatic rings. The standard InChI is InChI=1S/C14H18FIN2OS/c1-9(2)19-6-4-3-5-18-13-7-10(15)11(16)8-12(13)17-14(18)20/h7-9H,3-6H2,1-2H3,(H,17,20). The molecule has 0 atom stereocenters. The van der Waals surface area contributed by atoms with E-state index in [-0.39, 0.29) is 11.9 Å². The van der Waals surface area contributed by atoms with Crippen LogP contribution < -0.4 is 0 Å². The lowest BCUT2D eigenvalue weighted by molar-refractivity contribution is 0.0754. The van der Waals surface area contributed by atoms with Crippen molar-refractivity contribution in [2.75, 3.05) is 6.61 Å². The minimum Gasteiger partial charge on any atom is -0.379 e. The Morgan fingerprint density at radius 2 is 2.15 bits per heavy atom. The fraction of sp³-hybridized carbons (Fsp3) is 0.500. The Morgan fingerprint density at radius 1 is 1.40 bits per heavy atom. The number of ether oxygens (including phenoxy) is 1. The molecular weight excluding hydrogens is 390 g/mol. The van der Waals surface area contributed by atoms with Crippen LogP contribution in [0.25, 0.3) is 11.0 Å². The van der Waals surface area contributed by atoms with Crippen molar-refractivity contribution in [2.45, 2.75) is 39.3 Å². The molecule has 6 heteroatoms. The van der Waals surface area contributed by atoms with E-state index >= 15 is 0 Å². The van der Waals surface area contributed by atoms with Gasteiger partial charge in [-0.15, -0.1) is 0 Å². The summed E-state index contributed by atoms with van der Waals surface area (Å²) in [5, 5.41) is 0. The summed E-state index contributed by atoms with van der Waals surface area (Å²) in [6.07, 6.45) is 2.20. The van der Waals surface area contributed by atoms with Gasteiger partial charge in [0.25, 0.3) is 0 Å². The molecule has 110 valence electrons. The lowest BCUT2D eigenvalue weighted by atomic mass is 10.3.